The van der Waals surface area contributed by atoms with E-state index in [1.54, 1.807) is 4.90 Å². The van der Waals surface area contributed by atoms with Crippen molar-refractivity contribution in [2.75, 3.05) is 39.3 Å². The molecule has 1 aromatic rings. The summed E-state index contributed by atoms with van der Waals surface area (Å²) >= 11 is 0. The molecule has 4 rings (SSSR count). The van der Waals surface area contributed by atoms with Crippen LogP contribution in [0.15, 0.2) is 18.2 Å². The number of halogens is 2. The van der Waals surface area contributed by atoms with Crippen molar-refractivity contribution in [3.63, 3.8) is 0 Å². The van der Waals surface area contributed by atoms with Gasteiger partial charge in [-0.2, -0.15) is 0 Å². The van der Waals surface area contributed by atoms with Gasteiger partial charge in [0.1, 0.15) is 0 Å². The average Bonchev–Trinajstić information content (AvgIpc) is 3.12. The van der Waals surface area contributed by atoms with Crippen molar-refractivity contribution in [3.8, 4) is 0 Å². The first-order chi connectivity index (χ1) is 14.0. The Labute approximate surface area is 170 Å². The van der Waals surface area contributed by atoms with Crippen LogP contribution in [0.5, 0.6) is 0 Å². The second-order valence-electron chi connectivity index (χ2n) is 8.76. The molecule has 0 aliphatic carbocycles. The third-order valence-corrected chi connectivity index (χ3v) is 6.68. The Morgan fingerprint density at radius 3 is 2.52 bits per heavy atom. The zero-order valence-corrected chi connectivity index (χ0v) is 16.8. The minimum atomic E-state index is -0.884. The Bertz CT molecular complexity index is 781. The normalized spacial score (nSPS) is 25.8. The summed E-state index contributed by atoms with van der Waals surface area (Å²) in [5.41, 5.74) is 0.156. The van der Waals surface area contributed by atoms with Gasteiger partial charge in [0.2, 0.25) is 11.8 Å². The van der Waals surface area contributed by atoms with Crippen LogP contribution in [0, 0.1) is 17.0 Å². The third kappa shape index (κ3) is 4.29. The number of rotatable bonds is 4. The predicted molar refractivity (Wildman–Crippen MR) is 105 cm³/mol. The first-order valence-corrected chi connectivity index (χ1v) is 10.7. The topological polar surface area (TPSA) is 43.9 Å². The zero-order chi connectivity index (χ0) is 20.4. The summed E-state index contributed by atoms with van der Waals surface area (Å²) in [4.78, 5) is 31.7. The van der Waals surface area contributed by atoms with Gasteiger partial charge < -0.3 is 9.80 Å². The summed E-state index contributed by atoms with van der Waals surface area (Å²) < 4.78 is 26.7. The molecule has 3 saturated heterocycles. The molecule has 0 aromatic heterocycles. The van der Waals surface area contributed by atoms with Gasteiger partial charge in [0.15, 0.2) is 11.6 Å². The van der Waals surface area contributed by atoms with Gasteiger partial charge in [-0.25, -0.2) is 8.78 Å². The molecule has 2 amide bonds. The van der Waals surface area contributed by atoms with Crippen molar-refractivity contribution in [2.45, 2.75) is 45.1 Å². The SMILES string of the molecule is O=C(CN1CCC2(CCCN(Cc3ccc(F)c(F)c3)C2=O)C1)N1CCCCC1. The molecule has 29 heavy (non-hydrogen) atoms. The van der Waals surface area contributed by atoms with Crippen LogP contribution in [-0.2, 0) is 16.1 Å². The summed E-state index contributed by atoms with van der Waals surface area (Å²) in [5.74, 6) is -1.50. The molecule has 0 radical (unpaired) electrons. The van der Waals surface area contributed by atoms with Crippen LogP contribution in [0.3, 0.4) is 0 Å². The molecular formula is C22H29F2N3O2. The van der Waals surface area contributed by atoms with Crippen molar-refractivity contribution in [3.05, 3.63) is 35.4 Å². The maximum absolute atomic E-state index is 13.5. The van der Waals surface area contributed by atoms with Gasteiger partial charge in [-0.1, -0.05) is 6.07 Å². The lowest BCUT2D eigenvalue weighted by atomic mass is 9.78. The van der Waals surface area contributed by atoms with Crippen LogP contribution in [0.1, 0.15) is 44.1 Å². The second kappa shape index (κ2) is 8.38. The van der Waals surface area contributed by atoms with Gasteiger partial charge in [-0.3, -0.25) is 14.5 Å². The fourth-order valence-corrected chi connectivity index (χ4v) is 5.07. The third-order valence-electron chi connectivity index (χ3n) is 6.68. The summed E-state index contributed by atoms with van der Waals surface area (Å²) in [5, 5.41) is 0. The molecule has 1 spiro atoms. The number of hydrogen-bond acceptors (Lipinski definition) is 3. The number of amides is 2. The van der Waals surface area contributed by atoms with Crippen molar-refractivity contribution < 1.29 is 18.4 Å². The Morgan fingerprint density at radius 2 is 1.76 bits per heavy atom. The van der Waals surface area contributed by atoms with E-state index >= 15 is 0 Å². The Hall–Kier alpha value is -2.02. The van der Waals surface area contributed by atoms with E-state index in [1.807, 2.05) is 4.90 Å². The predicted octanol–water partition coefficient (Wildman–Crippen LogP) is 2.79. The zero-order valence-electron chi connectivity index (χ0n) is 16.8. The lowest BCUT2D eigenvalue weighted by Crippen LogP contribution is -2.50. The van der Waals surface area contributed by atoms with Crippen LogP contribution >= 0.6 is 0 Å². The maximum Gasteiger partial charge on any atom is 0.236 e. The van der Waals surface area contributed by atoms with E-state index in [9.17, 15) is 18.4 Å². The highest BCUT2D eigenvalue weighted by Crippen LogP contribution is 2.40. The Morgan fingerprint density at radius 1 is 0.966 bits per heavy atom. The number of piperidine rings is 2. The highest BCUT2D eigenvalue weighted by Gasteiger charge is 2.48. The van der Waals surface area contributed by atoms with Gasteiger partial charge in [-0.15, -0.1) is 0 Å². The van der Waals surface area contributed by atoms with Crippen LogP contribution < -0.4 is 0 Å². The second-order valence-corrected chi connectivity index (χ2v) is 8.76. The van der Waals surface area contributed by atoms with E-state index in [4.69, 9.17) is 0 Å². The summed E-state index contributed by atoms with van der Waals surface area (Å²) in [6, 6.07) is 3.81. The monoisotopic (exact) mass is 405 g/mol. The molecule has 5 nitrogen and oxygen atoms in total. The first-order valence-electron chi connectivity index (χ1n) is 10.7. The molecule has 1 atom stereocenters. The molecule has 7 heteroatoms. The molecule has 0 N–H and O–H groups in total. The fraction of sp³-hybridized carbons (Fsp3) is 0.636. The Kier molecular flexibility index (Phi) is 5.86. The standard InChI is InChI=1S/C22H29F2N3O2/c23-18-6-5-17(13-19(18)24)14-27-11-4-7-22(21(27)29)8-12-25(16-22)15-20(28)26-9-2-1-3-10-26/h5-6,13H,1-4,7-12,14-16H2. The molecular weight excluding hydrogens is 376 g/mol. The van der Waals surface area contributed by atoms with Gasteiger partial charge >= 0.3 is 0 Å². The fourth-order valence-electron chi connectivity index (χ4n) is 5.07. The lowest BCUT2D eigenvalue weighted by Gasteiger charge is -2.39. The summed E-state index contributed by atoms with van der Waals surface area (Å²) in [6.45, 7) is 4.37. The smallest absolute Gasteiger partial charge is 0.236 e. The van der Waals surface area contributed by atoms with Gasteiger partial charge in [0, 0.05) is 32.7 Å². The maximum atomic E-state index is 13.5. The van der Waals surface area contributed by atoms with E-state index in [1.165, 1.54) is 18.6 Å². The van der Waals surface area contributed by atoms with Crippen LogP contribution in [0.25, 0.3) is 0 Å². The highest BCUT2D eigenvalue weighted by molar-refractivity contribution is 5.84. The molecule has 0 saturated carbocycles. The van der Waals surface area contributed by atoms with Crippen LogP contribution in [0.4, 0.5) is 8.78 Å². The van der Waals surface area contributed by atoms with Crippen LogP contribution in [0.2, 0.25) is 0 Å². The highest BCUT2D eigenvalue weighted by atomic mass is 19.2. The van der Waals surface area contributed by atoms with E-state index in [0.29, 0.717) is 31.7 Å². The lowest BCUT2D eigenvalue weighted by molar-refractivity contribution is -0.146. The van der Waals surface area contributed by atoms with E-state index in [-0.39, 0.29) is 11.8 Å². The van der Waals surface area contributed by atoms with Crippen LogP contribution in [-0.4, -0.2) is 65.8 Å². The quantitative estimate of drug-likeness (QED) is 0.774. The molecule has 3 fully saturated rings. The summed E-state index contributed by atoms with van der Waals surface area (Å²) in [7, 11) is 0. The summed E-state index contributed by atoms with van der Waals surface area (Å²) in [6.07, 6.45) is 5.82. The van der Waals surface area contributed by atoms with Crippen molar-refractivity contribution in [1.82, 2.24) is 14.7 Å². The molecule has 1 aromatic carbocycles. The molecule has 3 heterocycles. The molecule has 158 valence electrons. The van der Waals surface area contributed by atoms with Gasteiger partial charge in [0.05, 0.1) is 12.0 Å². The van der Waals surface area contributed by atoms with Gasteiger partial charge in [0.25, 0.3) is 0 Å². The number of benzene rings is 1. The largest absolute Gasteiger partial charge is 0.342 e. The van der Waals surface area contributed by atoms with Gasteiger partial charge in [-0.05, 0) is 62.8 Å². The molecule has 1 unspecified atom stereocenters. The minimum absolute atomic E-state index is 0.0846. The minimum Gasteiger partial charge on any atom is -0.342 e. The number of carbonyl (C=O) groups is 2. The number of nitrogens with zero attached hydrogens (tertiary/aromatic N) is 3. The Balaban J connectivity index is 1.38. The molecule has 3 aliphatic rings. The average molecular weight is 405 g/mol. The van der Waals surface area contributed by atoms with Crippen molar-refractivity contribution in [1.29, 1.82) is 0 Å². The molecule has 3 aliphatic heterocycles. The number of hydrogen-bond donors (Lipinski definition) is 0. The first kappa shape index (κ1) is 20.3. The number of carbonyl (C=O) groups excluding carboxylic acids is 2. The van der Waals surface area contributed by atoms with E-state index < -0.39 is 17.0 Å². The van der Waals surface area contributed by atoms with Crippen molar-refractivity contribution >= 4 is 11.8 Å². The number of likely N-dealkylation sites (tertiary alicyclic amines) is 3. The molecule has 0 bridgehead atoms. The van der Waals surface area contributed by atoms with E-state index in [2.05, 4.69) is 4.90 Å². The van der Waals surface area contributed by atoms with Crippen molar-refractivity contribution in [2.24, 2.45) is 5.41 Å². The van der Waals surface area contributed by atoms with E-state index in [0.717, 1.165) is 57.8 Å².